The van der Waals surface area contributed by atoms with Gasteiger partial charge in [0.2, 0.25) is 0 Å². The molecule has 27 heavy (non-hydrogen) atoms. The molecule has 1 saturated heterocycles. The largest absolute Gasteiger partial charge is 0.414 e. The smallest absolute Gasteiger partial charge is 0.192 e. The van der Waals surface area contributed by atoms with Gasteiger partial charge in [-0.15, -0.1) is 0 Å². The van der Waals surface area contributed by atoms with Crippen LogP contribution in [0.1, 0.15) is 86.0 Å². The van der Waals surface area contributed by atoms with Gasteiger partial charge in [0.1, 0.15) is 0 Å². The average molecular weight is 397 g/mol. The molecular weight excluding hydrogens is 352 g/mol. The minimum atomic E-state index is -1.73. The highest BCUT2D eigenvalue weighted by molar-refractivity contribution is 6.74. The second-order valence-corrected chi connectivity index (χ2v) is 16.6. The van der Waals surface area contributed by atoms with Gasteiger partial charge in [-0.2, -0.15) is 0 Å². The molecule has 1 spiro atoms. The summed E-state index contributed by atoms with van der Waals surface area (Å²) in [7, 11) is -1.73. The Bertz CT molecular complexity index is 519. The highest BCUT2D eigenvalue weighted by atomic mass is 28.4. The van der Waals surface area contributed by atoms with Crippen molar-refractivity contribution in [1.29, 1.82) is 0 Å². The van der Waals surface area contributed by atoms with E-state index in [0.29, 0.717) is 23.5 Å². The van der Waals surface area contributed by atoms with Gasteiger partial charge in [0.05, 0.1) is 18.3 Å². The lowest BCUT2D eigenvalue weighted by atomic mass is 9.63. The van der Waals surface area contributed by atoms with Crippen molar-refractivity contribution in [2.45, 2.75) is 122 Å². The quantitative estimate of drug-likeness (QED) is 0.567. The van der Waals surface area contributed by atoms with Crippen LogP contribution in [0.5, 0.6) is 0 Å². The highest BCUT2D eigenvalue weighted by Gasteiger charge is 2.61. The molecule has 1 heterocycles. The maximum absolute atomic E-state index is 10.0. The van der Waals surface area contributed by atoms with Crippen LogP contribution in [-0.2, 0) is 9.16 Å². The van der Waals surface area contributed by atoms with Crippen LogP contribution in [0, 0.1) is 17.3 Å². The molecule has 0 bridgehead atoms. The lowest BCUT2D eigenvalue weighted by Gasteiger charge is -2.48. The molecular formula is C23H44O3Si. The second-order valence-electron chi connectivity index (χ2n) is 11.9. The third-order valence-corrected chi connectivity index (χ3v) is 12.9. The van der Waals surface area contributed by atoms with Gasteiger partial charge < -0.3 is 14.3 Å². The summed E-state index contributed by atoms with van der Waals surface area (Å²) in [6.07, 6.45) is 10.4. The van der Waals surface area contributed by atoms with Gasteiger partial charge in [0, 0.05) is 11.5 Å². The van der Waals surface area contributed by atoms with Gasteiger partial charge in [-0.25, -0.2) is 0 Å². The van der Waals surface area contributed by atoms with Crippen LogP contribution in [0.3, 0.4) is 0 Å². The second kappa shape index (κ2) is 7.41. The topological polar surface area (TPSA) is 38.7 Å². The van der Waals surface area contributed by atoms with Crippen molar-refractivity contribution in [2.24, 2.45) is 17.3 Å². The van der Waals surface area contributed by atoms with E-state index >= 15 is 0 Å². The Labute approximate surface area is 168 Å². The first-order valence-electron chi connectivity index (χ1n) is 11.4. The zero-order valence-electron chi connectivity index (χ0n) is 18.9. The van der Waals surface area contributed by atoms with E-state index in [1.54, 1.807) is 0 Å². The van der Waals surface area contributed by atoms with E-state index in [1.807, 2.05) is 13.8 Å². The third-order valence-electron chi connectivity index (χ3n) is 8.39. The summed E-state index contributed by atoms with van der Waals surface area (Å²) in [5.74, 6) is 1.42. The molecule has 0 radical (unpaired) electrons. The van der Waals surface area contributed by atoms with Crippen molar-refractivity contribution in [3.05, 3.63) is 0 Å². The number of hydrogen-bond donors (Lipinski definition) is 1. The molecule has 0 aromatic carbocycles. The van der Waals surface area contributed by atoms with E-state index in [1.165, 1.54) is 32.1 Å². The lowest BCUT2D eigenvalue weighted by molar-refractivity contribution is -0.0185. The molecule has 0 unspecified atom stereocenters. The summed E-state index contributed by atoms with van der Waals surface area (Å²) in [6, 6.07) is 0. The fraction of sp³-hybridized carbons (Fsp3) is 1.00. The molecule has 3 nitrogen and oxygen atoms in total. The minimum absolute atomic E-state index is 0.279. The van der Waals surface area contributed by atoms with Crippen molar-refractivity contribution >= 4 is 8.32 Å². The maximum Gasteiger partial charge on any atom is 0.192 e. The Morgan fingerprint density at radius 1 is 1.07 bits per heavy atom. The van der Waals surface area contributed by atoms with E-state index in [-0.39, 0.29) is 5.04 Å². The molecule has 3 rings (SSSR count). The first-order chi connectivity index (χ1) is 12.4. The Balaban J connectivity index is 1.67. The van der Waals surface area contributed by atoms with Crippen LogP contribution in [-0.4, -0.2) is 37.8 Å². The van der Waals surface area contributed by atoms with E-state index in [4.69, 9.17) is 9.16 Å². The fourth-order valence-corrected chi connectivity index (χ4v) is 7.30. The molecule has 5 atom stereocenters. The predicted molar refractivity (Wildman–Crippen MR) is 114 cm³/mol. The van der Waals surface area contributed by atoms with Gasteiger partial charge in [-0.1, -0.05) is 27.2 Å². The van der Waals surface area contributed by atoms with Gasteiger partial charge >= 0.3 is 0 Å². The van der Waals surface area contributed by atoms with Crippen molar-refractivity contribution in [3.63, 3.8) is 0 Å². The summed E-state index contributed by atoms with van der Waals surface area (Å²) in [4.78, 5) is 0. The SMILES string of the molecule is CC(C)(O)CCC[C@H]1OC[C@]23CCC[C@H](O[Si](C)(C)C(C)(C)C)[C@@H]2CC[C@H]13. The zero-order valence-corrected chi connectivity index (χ0v) is 19.9. The van der Waals surface area contributed by atoms with Crippen LogP contribution in [0.15, 0.2) is 0 Å². The van der Waals surface area contributed by atoms with Crippen molar-refractivity contribution in [1.82, 2.24) is 0 Å². The molecule has 3 aliphatic rings. The summed E-state index contributed by atoms with van der Waals surface area (Å²) in [5, 5.41) is 10.3. The molecule has 2 aliphatic carbocycles. The van der Waals surface area contributed by atoms with Crippen LogP contribution < -0.4 is 0 Å². The highest BCUT2D eigenvalue weighted by Crippen LogP contribution is 2.62. The van der Waals surface area contributed by atoms with Crippen molar-refractivity contribution in [2.75, 3.05) is 6.61 Å². The summed E-state index contributed by atoms with van der Waals surface area (Å²) in [6.45, 7) is 16.7. The first-order valence-corrected chi connectivity index (χ1v) is 14.3. The fourth-order valence-electron chi connectivity index (χ4n) is 5.91. The van der Waals surface area contributed by atoms with Crippen molar-refractivity contribution in [3.8, 4) is 0 Å². The first kappa shape index (κ1) is 21.8. The third kappa shape index (κ3) is 4.34. The van der Waals surface area contributed by atoms with E-state index in [2.05, 4.69) is 33.9 Å². The number of hydrogen-bond acceptors (Lipinski definition) is 3. The van der Waals surface area contributed by atoms with E-state index in [9.17, 15) is 5.11 Å². The molecule has 0 aromatic rings. The average Bonchev–Trinajstić information content (AvgIpc) is 3.02. The Hall–Kier alpha value is 0.0969. The Morgan fingerprint density at radius 3 is 2.37 bits per heavy atom. The predicted octanol–water partition coefficient (Wildman–Crippen LogP) is 5.91. The molecule has 0 amide bonds. The Kier molecular flexibility index (Phi) is 5.98. The number of rotatable bonds is 6. The summed E-state index contributed by atoms with van der Waals surface area (Å²) >= 11 is 0. The molecule has 1 aliphatic heterocycles. The van der Waals surface area contributed by atoms with Crippen LogP contribution in [0.25, 0.3) is 0 Å². The van der Waals surface area contributed by atoms with Gasteiger partial charge in [0.25, 0.3) is 0 Å². The number of aliphatic hydroxyl groups is 1. The molecule has 2 saturated carbocycles. The van der Waals surface area contributed by atoms with Gasteiger partial charge in [-0.05, 0) is 88.8 Å². The molecule has 3 fully saturated rings. The lowest BCUT2D eigenvalue weighted by Crippen LogP contribution is -2.50. The normalized spacial score (nSPS) is 37.3. The van der Waals surface area contributed by atoms with E-state index in [0.717, 1.165) is 31.8 Å². The Morgan fingerprint density at radius 2 is 1.74 bits per heavy atom. The maximum atomic E-state index is 10.0. The zero-order chi connectivity index (χ0) is 20.1. The van der Waals surface area contributed by atoms with Crippen LogP contribution >= 0.6 is 0 Å². The minimum Gasteiger partial charge on any atom is -0.414 e. The standard InChI is InChI=1S/C23H44O3Si/c1-21(2,3)27(6,7)26-20-11-9-15-23-16-25-19(10-8-14-22(4,5)24)17(23)12-13-18(20)23/h17-20,24H,8-16H2,1-7H3/t17-,18+,19-,20+,23+/m1/s1. The summed E-state index contributed by atoms with van der Waals surface area (Å²) in [5.41, 5.74) is -0.174. The molecule has 1 N–H and O–H groups in total. The van der Waals surface area contributed by atoms with Crippen molar-refractivity contribution < 1.29 is 14.3 Å². The van der Waals surface area contributed by atoms with Crippen LogP contribution in [0.2, 0.25) is 18.1 Å². The molecule has 0 aromatic heterocycles. The van der Waals surface area contributed by atoms with Crippen LogP contribution in [0.4, 0.5) is 0 Å². The van der Waals surface area contributed by atoms with E-state index < -0.39 is 13.9 Å². The summed E-state index contributed by atoms with van der Waals surface area (Å²) < 4.78 is 13.4. The van der Waals surface area contributed by atoms with Gasteiger partial charge in [-0.3, -0.25) is 0 Å². The molecule has 158 valence electrons. The monoisotopic (exact) mass is 396 g/mol. The molecule has 4 heteroatoms. The van der Waals surface area contributed by atoms with Gasteiger partial charge in [0.15, 0.2) is 8.32 Å². The number of ether oxygens (including phenoxy) is 1.